The molecule has 1 atom stereocenters. The van der Waals surface area contributed by atoms with Crippen LogP contribution in [-0.4, -0.2) is 6.54 Å². The number of allylic oxidation sites excluding steroid dienone is 4. The van der Waals surface area contributed by atoms with Crippen LogP contribution >= 0.6 is 15.9 Å². The van der Waals surface area contributed by atoms with E-state index in [0.717, 1.165) is 34.3 Å². The third-order valence-corrected chi connectivity index (χ3v) is 3.09. The minimum absolute atomic E-state index is 0.404. The Kier molecular flexibility index (Phi) is 9.08. The smallest absolute Gasteiger partial charge is 0.0501 e. The zero-order valence-corrected chi connectivity index (χ0v) is 14.0. The van der Waals surface area contributed by atoms with Crippen molar-refractivity contribution in [3.63, 3.8) is 0 Å². The first-order valence-electron chi connectivity index (χ1n) is 6.61. The molecule has 0 heterocycles. The maximum absolute atomic E-state index is 3.92. The highest BCUT2D eigenvalue weighted by Crippen LogP contribution is 2.24. The van der Waals surface area contributed by atoms with Crippen LogP contribution < -0.4 is 5.32 Å². The van der Waals surface area contributed by atoms with Crippen molar-refractivity contribution >= 4 is 15.9 Å². The lowest BCUT2D eigenvalue weighted by molar-refractivity contribution is 0.663. The highest BCUT2D eigenvalue weighted by molar-refractivity contribution is 9.11. The average Bonchev–Trinajstić information content (AvgIpc) is 2.40. The first-order chi connectivity index (χ1) is 9.01. The number of hydrogen-bond acceptors (Lipinski definition) is 1. The molecule has 0 bridgehead atoms. The number of rotatable bonds is 7. The van der Waals surface area contributed by atoms with Crippen molar-refractivity contribution in [2.45, 2.75) is 34.1 Å². The van der Waals surface area contributed by atoms with Crippen molar-refractivity contribution in [3.8, 4) is 0 Å². The summed E-state index contributed by atoms with van der Waals surface area (Å²) < 4.78 is 0.957. The molecule has 0 aliphatic rings. The van der Waals surface area contributed by atoms with Gasteiger partial charge in [-0.2, -0.15) is 0 Å². The molecule has 0 aromatic rings. The number of hydrogen-bond donors (Lipinski definition) is 1. The lowest BCUT2D eigenvalue weighted by atomic mass is 9.91. The van der Waals surface area contributed by atoms with Crippen LogP contribution in [0.15, 0.2) is 58.1 Å². The molecule has 0 aromatic heterocycles. The summed E-state index contributed by atoms with van der Waals surface area (Å²) in [6, 6.07) is 0. The first-order valence-corrected chi connectivity index (χ1v) is 7.40. The Morgan fingerprint density at radius 2 is 2.05 bits per heavy atom. The first kappa shape index (κ1) is 17.8. The molecule has 1 nitrogen and oxygen atoms in total. The fourth-order valence-corrected chi connectivity index (χ4v) is 1.80. The molecule has 0 spiro atoms. The second kappa shape index (κ2) is 9.69. The summed E-state index contributed by atoms with van der Waals surface area (Å²) in [5.74, 6) is 0.404. The van der Waals surface area contributed by atoms with Gasteiger partial charge in [-0.05, 0) is 42.1 Å². The number of likely N-dealkylation sites (N-methyl/N-ethyl adjacent to an activating group) is 1. The van der Waals surface area contributed by atoms with Gasteiger partial charge in [-0.1, -0.05) is 33.1 Å². The predicted octanol–water partition coefficient (Wildman–Crippen LogP) is 5.25. The largest absolute Gasteiger partial charge is 0.384 e. The van der Waals surface area contributed by atoms with Gasteiger partial charge in [0.2, 0.25) is 0 Å². The van der Waals surface area contributed by atoms with Crippen molar-refractivity contribution in [2.24, 2.45) is 5.92 Å². The van der Waals surface area contributed by atoms with Crippen LogP contribution in [0, 0.1) is 5.92 Å². The van der Waals surface area contributed by atoms with E-state index in [1.165, 1.54) is 0 Å². The van der Waals surface area contributed by atoms with E-state index < -0.39 is 0 Å². The van der Waals surface area contributed by atoms with Crippen molar-refractivity contribution in [1.82, 2.24) is 5.32 Å². The Morgan fingerprint density at radius 3 is 2.42 bits per heavy atom. The summed E-state index contributed by atoms with van der Waals surface area (Å²) in [6.45, 7) is 16.9. The second-order valence-electron chi connectivity index (χ2n) is 4.28. The summed E-state index contributed by atoms with van der Waals surface area (Å²) in [6.07, 6.45) is 4.84. The van der Waals surface area contributed by atoms with E-state index in [1.54, 1.807) is 0 Å². The number of halogens is 1. The fourth-order valence-electron chi connectivity index (χ4n) is 1.69. The Bertz CT molecular complexity index is 452. The molecule has 2 heteroatoms. The fraction of sp³-hybridized carbons (Fsp3) is 0.412. The molecule has 1 N–H and O–H groups in total. The summed E-state index contributed by atoms with van der Waals surface area (Å²) in [5, 5.41) is 3.35. The highest BCUT2D eigenvalue weighted by atomic mass is 79.9. The van der Waals surface area contributed by atoms with Crippen LogP contribution in [0.1, 0.15) is 34.1 Å². The summed E-state index contributed by atoms with van der Waals surface area (Å²) in [4.78, 5) is 0. The quantitative estimate of drug-likeness (QED) is 0.499. The highest BCUT2D eigenvalue weighted by Gasteiger charge is 2.12. The Morgan fingerprint density at radius 1 is 1.42 bits per heavy atom. The van der Waals surface area contributed by atoms with Crippen molar-refractivity contribution in [3.05, 3.63) is 58.1 Å². The standard InChI is InChI=1S/C17H24BrN/c1-7-13(5)15(8-2)16(9-3)17(19-10-4)12-11-14(6)18/h9,12-13,19H,2-3,7,10H2,1,4-6H3/b17-16-. The summed E-state index contributed by atoms with van der Waals surface area (Å²) in [7, 11) is 0. The molecule has 0 amide bonds. The lowest BCUT2D eigenvalue weighted by Crippen LogP contribution is -2.14. The van der Waals surface area contributed by atoms with E-state index in [1.807, 2.05) is 19.1 Å². The molecular weight excluding hydrogens is 298 g/mol. The average molecular weight is 322 g/mol. The van der Waals surface area contributed by atoms with Gasteiger partial charge < -0.3 is 5.32 Å². The van der Waals surface area contributed by atoms with Crippen LogP contribution in [0.25, 0.3) is 0 Å². The van der Waals surface area contributed by atoms with Gasteiger partial charge in [0.1, 0.15) is 0 Å². The van der Waals surface area contributed by atoms with Gasteiger partial charge >= 0.3 is 0 Å². The molecule has 0 saturated heterocycles. The van der Waals surface area contributed by atoms with Crippen LogP contribution in [-0.2, 0) is 0 Å². The zero-order valence-electron chi connectivity index (χ0n) is 12.4. The minimum atomic E-state index is 0.404. The molecule has 0 aromatic carbocycles. The molecule has 0 fully saturated rings. The minimum Gasteiger partial charge on any atom is -0.384 e. The van der Waals surface area contributed by atoms with Crippen molar-refractivity contribution < 1.29 is 0 Å². The van der Waals surface area contributed by atoms with Gasteiger partial charge in [0.05, 0.1) is 5.70 Å². The third-order valence-electron chi connectivity index (χ3n) is 2.86. The Balaban J connectivity index is 5.90. The van der Waals surface area contributed by atoms with Crippen LogP contribution in [0.5, 0.6) is 0 Å². The van der Waals surface area contributed by atoms with Gasteiger partial charge in [0.25, 0.3) is 0 Å². The monoisotopic (exact) mass is 321 g/mol. The molecule has 104 valence electrons. The molecule has 0 saturated carbocycles. The Hall–Kier alpha value is -1.20. The maximum Gasteiger partial charge on any atom is 0.0501 e. The van der Waals surface area contributed by atoms with E-state index in [-0.39, 0.29) is 0 Å². The molecule has 19 heavy (non-hydrogen) atoms. The molecule has 0 rings (SSSR count). The Labute approximate surface area is 126 Å². The van der Waals surface area contributed by atoms with Gasteiger partial charge in [0, 0.05) is 28.2 Å². The van der Waals surface area contributed by atoms with E-state index in [2.05, 4.69) is 66.6 Å². The van der Waals surface area contributed by atoms with Crippen LogP contribution in [0.4, 0.5) is 0 Å². The second-order valence-corrected chi connectivity index (χ2v) is 5.47. The van der Waals surface area contributed by atoms with E-state index >= 15 is 0 Å². The molecule has 0 radical (unpaired) electrons. The topological polar surface area (TPSA) is 12.0 Å². The van der Waals surface area contributed by atoms with Gasteiger partial charge in [0.15, 0.2) is 0 Å². The van der Waals surface area contributed by atoms with Crippen LogP contribution in [0.3, 0.4) is 0 Å². The SMILES string of the molecule is C=C=C(/C(C=C)=C(/C=C=C(C)Br)NCC)C(C)CC. The zero-order chi connectivity index (χ0) is 14.8. The van der Waals surface area contributed by atoms with Gasteiger partial charge in [-0.25, -0.2) is 0 Å². The van der Waals surface area contributed by atoms with E-state index in [0.29, 0.717) is 5.92 Å². The normalized spacial score (nSPS) is 12.5. The van der Waals surface area contributed by atoms with Crippen LogP contribution in [0.2, 0.25) is 0 Å². The third kappa shape index (κ3) is 5.98. The van der Waals surface area contributed by atoms with Gasteiger partial charge in [-0.3, -0.25) is 0 Å². The lowest BCUT2D eigenvalue weighted by Gasteiger charge is -2.16. The molecular formula is C17H24BrN. The molecule has 0 aliphatic heterocycles. The van der Waals surface area contributed by atoms with Gasteiger partial charge in [-0.15, -0.1) is 11.5 Å². The molecule has 1 unspecified atom stereocenters. The van der Waals surface area contributed by atoms with Crippen molar-refractivity contribution in [2.75, 3.05) is 6.54 Å². The van der Waals surface area contributed by atoms with E-state index in [4.69, 9.17) is 0 Å². The maximum atomic E-state index is 3.92. The van der Waals surface area contributed by atoms with E-state index in [9.17, 15) is 0 Å². The van der Waals surface area contributed by atoms with Crippen molar-refractivity contribution in [1.29, 1.82) is 0 Å². The summed E-state index contributed by atoms with van der Waals surface area (Å²) in [5.41, 5.74) is 9.37. The predicted molar refractivity (Wildman–Crippen MR) is 89.2 cm³/mol. The summed E-state index contributed by atoms with van der Waals surface area (Å²) >= 11 is 3.39. The molecule has 0 aliphatic carbocycles. The number of nitrogens with one attached hydrogen (secondary N) is 1.